The number of hydrogen-bond donors (Lipinski definition) is 2. The van der Waals surface area contributed by atoms with Gasteiger partial charge in [0.25, 0.3) is 0 Å². The van der Waals surface area contributed by atoms with E-state index in [0.717, 1.165) is 56.9 Å². The highest BCUT2D eigenvalue weighted by atomic mass is 16.2. The molecule has 2 aliphatic rings. The molecule has 1 heterocycles. The SMILES string of the molecule is O=C(Nc1ccccc1)Nc1ccc2c(c1)CCC(CN1CCN(Cc3ccccc3)CC1)C2. The normalized spacial score (nSPS) is 18.8. The fourth-order valence-electron chi connectivity index (χ4n) is 5.22. The largest absolute Gasteiger partial charge is 0.323 e. The summed E-state index contributed by atoms with van der Waals surface area (Å²) in [7, 11) is 0. The summed E-state index contributed by atoms with van der Waals surface area (Å²) in [5.74, 6) is 0.716. The lowest BCUT2D eigenvalue weighted by molar-refractivity contribution is 0.110. The van der Waals surface area contributed by atoms with Gasteiger partial charge in [0, 0.05) is 50.6 Å². The van der Waals surface area contributed by atoms with Crippen LogP contribution in [0.1, 0.15) is 23.1 Å². The number of nitrogens with zero attached hydrogens (tertiary/aromatic N) is 2. The summed E-state index contributed by atoms with van der Waals surface area (Å²) in [6.07, 6.45) is 3.44. The van der Waals surface area contributed by atoms with Crippen molar-refractivity contribution in [1.29, 1.82) is 0 Å². The number of piperazine rings is 1. The molecule has 176 valence electrons. The molecule has 1 unspecified atom stereocenters. The maximum absolute atomic E-state index is 12.3. The minimum absolute atomic E-state index is 0.203. The van der Waals surface area contributed by atoms with Crippen molar-refractivity contribution in [2.45, 2.75) is 25.8 Å². The molecule has 0 spiro atoms. The van der Waals surface area contributed by atoms with Crippen molar-refractivity contribution in [3.05, 3.63) is 95.6 Å². The highest BCUT2D eigenvalue weighted by molar-refractivity contribution is 5.99. The monoisotopic (exact) mass is 454 g/mol. The van der Waals surface area contributed by atoms with Crippen LogP contribution in [0.4, 0.5) is 16.2 Å². The quantitative estimate of drug-likeness (QED) is 0.535. The van der Waals surface area contributed by atoms with Gasteiger partial charge in [-0.25, -0.2) is 4.79 Å². The van der Waals surface area contributed by atoms with Crippen LogP contribution in [0.3, 0.4) is 0 Å². The molecule has 2 N–H and O–H groups in total. The first kappa shape index (κ1) is 22.6. The van der Waals surface area contributed by atoms with E-state index < -0.39 is 0 Å². The molecule has 1 aliphatic heterocycles. The van der Waals surface area contributed by atoms with Crippen LogP contribution in [-0.2, 0) is 19.4 Å². The first-order valence-corrected chi connectivity index (χ1v) is 12.4. The Hall–Kier alpha value is -3.15. The van der Waals surface area contributed by atoms with E-state index in [1.54, 1.807) is 0 Å². The van der Waals surface area contributed by atoms with Gasteiger partial charge in [-0.05, 0) is 66.1 Å². The number of benzene rings is 3. The second kappa shape index (κ2) is 10.9. The summed E-state index contributed by atoms with van der Waals surface area (Å²) in [5.41, 5.74) is 5.88. The summed E-state index contributed by atoms with van der Waals surface area (Å²) in [6, 6.07) is 26.5. The second-order valence-corrected chi connectivity index (χ2v) is 9.60. The van der Waals surface area contributed by atoms with Crippen molar-refractivity contribution >= 4 is 17.4 Å². The van der Waals surface area contributed by atoms with E-state index in [1.165, 1.54) is 29.7 Å². The number of amides is 2. The van der Waals surface area contributed by atoms with Gasteiger partial charge in [0.2, 0.25) is 0 Å². The molecule has 5 rings (SSSR count). The summed E-state index contributed by atoms with van der Waals surface area (Å²) < 4.78 is 0. The smallest absolute Gasteiger partial charge is 0.308 e. The zero-order valence-corrected chi connectivity index (χ0v) is 19.7. The molecule has 1 aliphatic carbocycles. The van der Waals surface area contributed by atoms with Gasteiger partial charge in [-0.1, -0.05) is 54.6 Å². The number of aryl methyl sites for hydroxylation is 1. The number of hydrogen-bond acceptors (Lipinski definition) is 3. The zero-order valence-electron chi connectivity index (χ0n) is 19.7. The van der Waals surface area contributed by atoms with Crippen molar-refractivity contribution in [3.8, 4) is 0 Å². The van der Waals surface area contributed by atoms with Crippen molar-refractivity contribution in [2.24, 2.45) is 5.92 Å². The second-order valence-electron chi connectivity index (χ2n) is 9.60. The number of carbonyl (C=O) groups is 1. The third-order valence-electron chi connectivity index (χ3n) is 7.06. The highest BCUT2D eigenvalue weighted by Gasteiger charge is 2.24. The number of anilines is 2. The number of fused-ring (bicyclic) bond motifs is 1. The molecule has 0 saturated carbocycles. The van der Waals surface area contributed by atoms with Crippen molar-refractivity contribution < 1.29 is 4.79 Å². The Morgan fingerprint density at radius 3 is 2.21 bits per heavy atom. The molecule has 0 bridgehead atoms. The fraction of sp³-hybridized carbons (Fsp3) is 0.345. The van der Waals surface area contributed by atoms with Crippen LogP contribution in [0.5, 0.6) is 0 Å². The molecular formula is C29H34N4O. The maximum atomic E-state index is 12.3. The number of para-hydroxylation sites is 1. The van der Waals surface area contributed by atoms with Crippen LogP contribution in [0.2, 0.25) is 0 Å². The molecule has 1 saturated heterocycles. The summed E-state index contributed by atoms with van der Waals surface area (Å²) in [5, 5.41) is 5.86. The van der Waals surface area contributed by atoms with Gasteiger partial charge in [-0.3, -0.25) is 4.90 Å². The Morgan fingerprint density at radius 1 is 0.765 bits per heavy atom. The summed E-state index contributed by atoms with van der Waals surface area (Å²) in [6.45, 7) is 6.88. The Bertz CT molecular complexity index is 1080. The number of carbonyl (C=O) groups excluding carboxylic acids is 1. The average molecular weight is 455 g/mol. The van der Waals surface area contributed by atoms with E-state index >= 15 is 0 Å². The summed E-state index contributed by atoms with van der Waals surface area (Å²) >= 11 is 0. The van der Waals surface area contributed by atoms with Gasteiger partial charge in [0.05, 0.1) is 0 Å². The molecule has 5 heteroatoms. The molecule has 2 amide bonds. The Kier molecular flexibility index (Phi) is 7.22. The molecule has 3 aromatic carbocycles. The molecule has 1 atom stereocenters. The highest BCUT2D eigenvalue weighted by Crippen LogP contribution is 2.29. The lowest BCUT2D eigenvalue weighted by Gasteiger charge is -2.37. The van der Waals surface area contributed by atoms with Gasteiger partial charge in [-0.2, -0.15) is 0 Å². The minimum atomic E-state index is -0.203. The molecule has 5 nitrogen and oxygen atoms in total. The standard InChI is InChI=1S/C29H34N4O/c34-29(30-27-9-5-2-6-10-27)31-28-14-13-25-19-24(11-12-26(25)20-28)22-33-17-15-32(16-18-33)21-23-7-3-1-4-8-23/h1-10,13-14,20,24H,11-12,15-19,21-22H2,(H2,30,31,34). The van der Waals surface area contributed by atoms with Gasteiger partial charge in [0.15, 0.2) is 0 Å². The lowest BCUT2D eigenvalue weighted by atomic mass is 9.83. The van der Waals surface area contributed by atoms with Crippen LogP contribution in [0.15, 0.2) is 78.9 Å². The molecule has 34 heavy (non-hydrogen) atoms. The van der Waals surface area contributed by atoms with Crippen molar-refractivity contribution in [1.82, 2.24) is 9.80 Å². The minimum Gasteiger partial charge on any atom is -0.308 e. The maximum Gasteiger partial charge on any atom is 0.323 e. The third kappa shape index (κ3) is 6.04. The predicted molar refractivity (Wildman–Crippen MR) is 139 cm³/mol. The van der Waals surface area contributed by atoms with Crippen LogP contribution < -0.4 is 10.6 Å². The number of urea groups is 1. The van der Waals surface area contributed by atoms with E-state index in [2.05, 4.69) is 62.9 Å². The fourth-order valence-corrected chi connectivity index (χ4v) is 5.22. The average Bonchev–Trinajstić information content (AvgIpc) is 2.86. The van der Waals surface area contributed by atoms with Gasteiger partial charge < -0.3 is 15.5 Å². The summed E-state index contributed by atoms with van der Waals surface area (Å²) in [4.78, 5) is 17.5. The Balaban J connectivity index is 1.09. The first-order chi connectivity index (χ1) is 16.7. The zero-order chi connectivity index (χ0) is 23.2. The van der Waals surface area contributed by atoms with Gasteiger partial charge in [-0.15, -0.1) is 0 Å². The van der Waals surface area contributed by atoms with Crippen molar-refractivity contribution in [2.75, 3.05) is 43.4 Å². The van der Waals surface area contributed by atoms with E-state index in [1.807, 2.05) is 36.4 Å². The molecular weight excluding hydrogens is 420 g/mol. The van der Waals surface area contributed by atoms with E-state index in [9.17, 15) is 4.79 Å². The first-order valence-electron chi connectivity index (χ1n) is 12.4. The molecule has 1 fully saturated rings. The van der Waals surface area contributed by atoms with Gasteiger partial charge in [0.1, 0.15) is 0 Å². The molecule has 0 aromatic heterocycles. The van der Waals surface area contributed by atoms with E-state index in [-0.39, 0.29) is 6.03 Å². The topological polar surface area (TPSA) is 47.6 Å². The Labute approximate surface area is 202 Å². The number of rotatable bonds is 6. The van der Waals surface area contributed by atoms with Crippen molar-refractivity contribution in [3.63, 3.8) is 0 Å². The van der Waals surface area contributed by atoms with E-state index in [4.69, 9.17) is 0 Å². The van der Waals surface area contributed by atoms with Crippen LogP contribution in [0.25, 0.3) is 0 Å². The molecule has 0 radical (unpaired) electrons. The number of nitrogens with one attached hydrogen (secondary N) is 2. The lowest BCUT2D eigenvalue weighted by Crippen LogP contribution is -2.47. The van der Waals surface area contributed by atoms with E-state index in [0.29, 0.717) is 5.92 Å². The third-order valence-corrected chi connectivity index (χ3v) is 7.06. The van der Waals surface area contributed by atoms with Gasteiger partial charge >= 0.3 is 6.03 Å². The molecule has 3 aromatic rings. The Morgan fingerprint density at radius 2 is 1.44 bits per heavy atom. The van der Waals surface area contributed by atoms with Crippen LogP contribution in [0, 0.1) is 5.92 Å². The predicted octanol–water partition coefficient (Wildman–Crippen LogP) is 5.25. The van der Waals surface area contributed by atoms with Crippen LogP contribution >= 0.6 is 0 Å². The van der Waals surface area contributed by atoms with Crippen LogP contribution in [-0.4, -0.2) is 48.6 Å².